The number of rotatable bonds is 6. The molecule has 0 spiro atoms. The number of hydrogen-bond donors (Lipinski definition) is 2. The van der Waals surface area contributed by atoms with Crippen LogP contribution in [0.2, 0.25) is 0 Å². The van der Waals surface area contributed by atoms with E-state index < -0.39 is 6.61 Å². The molecule has 4 nitrogen and oxygen atoms in total. The molecule has 0 saturated heterocycles. The first kappa shape index (κ1) is 15.2. The highest BCUT2D eigenvalue weighted by molar-refractivity contribution is 5.38. The standard InChI is InChI=1S/C15H16F2N2O2/c1-20-12-7-5-10(6-8-12)14(19-18)11-3-2-4-13(9-11)21-15(16)17/h2-9,14-15,19H,18H2,1H3. The van der Waals surface area contributed by atoms with E-state index in [0.717, 1.165) is 16.9 Å². The van der Waals surface area contributed by atoms with Crippen LogP contribution in [0.25, 0.3) is 0 Å². The maximum atomic E-state index is 12.3. The predicted molar refractivity (Wildman–Crippen MR) is 75.2 cm³/mol. The summed E-state index contributed by atoms with van der Waals surface area (Å²) < 4.78 is 34.0. The van der Waals surface area contributed by atoms with Crippen molar-refractivity contribution < 1.29 is 18.3 Å². The van der Waals surface area contributed by atoms with Crippen LogP contribution in [0.1, 0.15) is 17.2 Å². The molecule has 0 amide bonds. The van der Waals surface area contributed by atoms with Crippen LogP contribution in [0.15, 0.2) is 48.5 Å². The summed E-state index contributed by atoms with van der Waals surface area (Å²) in [6.45, 7) is -2.86. The summed E-state index contributed by atoms with van der Waals surface area (Å²) >= 11 is 0. The molecule has 0 radical (unpaired) electrons. The summed E-state index contributed by atoms with van der Waals surface area (Å²) in [5.41, 5.74) is 4.27. The maximum absolute atomic E-state index is 12.3. The third-order valence-corrected chi connectivity index (χ3v) is 3.03. The highest BCUT2D eigenvalue weighted by Crippen LogP contribution is 2.26. The van der Waals surface area contributed by atoms with Crippen molar-refractivity contribution in [3.05, 3.63) is 59.7 Å². The third kappa shape index (κ3) is 3.90. The zero-order valence-corrected chi connectivity index (χ0v) is 11.4. The minimum absolute atomic E-state index is 0.0938. The normalized spacial score (nSPS) is 12.2. The van der Waals surface area contributed by atoms with E-state index in [4.69, 9.17) is 10.6 Å². The average Bonchev–Trinajstić information content (AvgIpc) is 2.48. The highest BCUT2D eigenvalue weighted by atomic mass is 19.3. The molecule has 112 valence electrons. The Morgan fingerprint density at radius 2 is 1.71 bits per heavy atom. The third-order valence-electron chi connectivity index (χ3n) is 3.03. The summed E-state index contributed by atoms with van der Waals surface area (Å²) in [6, 6.07) is 13.4. The number of nitrogens with one attached hydrogen (secondary N) is 1. The lowest BCUT2D eigenvalue weighted by Crippen LogP contribution is -2.28. The zero-order valence-electron chi connectivity index (χ0n) is 11.4. The zero-order chi connectivity index (χ0) is 15.2. The molecule has 6 heteroatoms. The number of hydrazine groups is 1. The molecule has 0 bridgehead atoms. The van der Waals surface area contributed by atoms with Gasteiger partial charge in [0.15, 0.2) is 0 Å². The van der Waals surface area contributed by atoms with Gasteiger partial charge >= 0.3 is 6.61 Å². The van der Waals surface area contributed by atoms with E-state index in [0.29, 0.717) is 0 Å². The monoisotopic (exact) mass is 294 g/mol. The van der Waals surface area contributed by atoms with Gasteiger partial charge in [-0.05, 0) is 35.4 Å². The largest absolute Gasteiger partial charge is 0.497 e. The van der Waals surface area contributed by atoms with Crippen molar-refractivity contribution in [2.45, 2.75) is 12.7 Å². The predicted octanol–water partition coefficient (Wildman–Crippen LogP) is 2.85. The Hall–Kier alpha value is -2.18. The summed E-state index contributed by atoms with van der Waals surface area (Å²) in [4.78, 5) is 0. The molecule has 2 aromatic carbocycles. The van der Waals surface area contributed by atoms with Crippen LogP contribution in [-0.4, -0.2) is 13.7 Å². The Labute approximate surface area is 121 Å². The van der Waals surface area contributed by atoms with Gasteiger partial charge < -0.3 is 9.47 Å². The summed E-state index contributed by atoms with van der Waals surface area (Å²) in [6.07, 6.45) is 0. The van der Waals surface area contributed by atoms with Crippen LogP contribution in [0.5, 0.6) is 11.5 Å². The van der Waals surface area contributed by atoms with Crippen molar-refractivity contribution >= 4 is 0 Å². The molecule has 1 unspecified atom stereocenters. The quantitative estimate of drug-likeness (QED) is 0.635. The van der Waals surface area contributed by atoms with E-state index >= 15 is 0 Å². The smallest absolute Gasteiger partial charge is 0.387 e. The molecule has 0 aliphatic heterocycles. The molecule has 0 aromatic heterocycles. The van der Waals surface area contributed by atoms with Gasteiger partial charge in [-0.3, -0.25) is 5.84 Å². The lowest BCUT2D eigenvalue weighted by atomic mass is 9.99. The molecule has 0 saturated carbocycles. The van der Waals surface area contributed by atoms with E-state index in [1.807, 2.05) is 12.1 Å². The molecule has 21 heavy (non-hydrogen) atoms. The van der Waals surface area contributed by atoms with E-state index in [2.05, 4.69) is 10.2 Å². The van der Waals surface area contributed by atoms with E-state index in [1.54, 1.807) is 31.4 Å². The molecule has 2 rings (SSSR count). The lowest BCUT2D eigenvalue weighted by molar-refractivity contribution is -0.0498. The second kappa shape index (κ2) is 7.01. The van der Waals surface area contributed by atoms with Gasteiger partial charge in [0.1, 0.15) is 11.5 Å². The Morgan fingerprint density at radius 3 is 2.29 bits per heavy atom. The van der Waals surface area contributed by atoms with Gasteiger partial charge in [0.25, 0.3) is 0 Å². The van der Waals surface area contributed by atoms with Gasteiger partial charge in [0.05, 0.1) is 13.2 Å². The van der Waals surface area contributed by atoms with E-state index in [1.165, 1.54) is 12.1 Å². The fraction of sp³-hybridized carbons (Fsp3) is 0.200. The SMILES string of the molecule is COc1ccc(C(NN)c2cccc(OC(F)F)c2)cc1. The molecule has 2 aromatic rings. The molecule has 0 fully saturated rings. The molecule has 0 heterocycles. The fourth-order valence-electron chi connectivity index (χ4n) is 2.05. The van der Waals surface area contributed by atoms with E-state index in [9.17, 15) is 8.78 Å². The van der Waals surface area contributed by atoms with Gasteiger partial charge in [-0.2, -0.15) is 8.78 Å². The minimum atomic E-state index is -2.86. The van der Waals surface area contributed by atoms with E-state index in [-0.39, 0.29) is 11.8 Å². The number of nitrogens with two attached hydrogens (primary N) is 1. The van der Waals surface area contributed by atoms with Gasteiger partial charge in [0.2, 0.25) is 0 Å². The fourth-order valence-corrected chi connectivity index (χ4v) is 2.05. The van der Waals surface area contributed by atoms with Crippen LogP contribution in [0.4, 0.5) is 8.78 Å². The summed E-state index contributed by atoms with van der Waals surface area (Å²) in [5.74, 6) is 6.41. The summed E-state index contributed by atoms with van der Waals surface area (Å²) in [5, 5.41) is 0. The van der Waals surface area contributed by atoms with Crippen molar-refractivity contribution in [2.75, 3.05) is 7.11 Å². The van der Waals surface area contributed by atoms with Gasteiger partial charge in [-0.1, -0.05) is 24.3 Å². The topological polar surface area (TPSA) is 56.5 Å². The number of hydrogen-bond acceptors (Lipinski definition) is 4. The van der Waals surface area contributed by atoms with Crippen molar-refractivity contribution in [3.8, 4) is 11.5 Å². The lowest BCUT2D eigenvalue weighted by Gasteiger charge is -2.18. The summed E-state index contributed by atoms with van der Waals surface area (Å²) in [7, 11) is 1.58. The Morgan fingerprint density at radius 1 is 1.00 bits per heavy atom. The first-order chi connectivity index (χ1) is 10.1. The molecule has 0 aliphatic carbocycles. The van der Waals surface area contributed by atoms with Crippen LogP contribution in [0, 0.1) is 0 Å². The van der Waals surface area contributed by atoms with Crippen molar-refractivity contribution in [3.63, 3.8) is 0 Å². The van der Waals surface area contributed by atoms with Crippen molar-refractivity contribution in [1.82, 2.24) is 5.43 Å². The second-order valence-electron chi connectivity index (χ2n) is 4.32. The van der Waals surface area contributed by atoms with Gasteiger partial charge in [0, 0.05) is 0 Å². The Kier molecular flexibility index (Phi) is 5.08. The second-order valence-corrected chi connectivity index (χ2v) is 4.32. The number of halogens is 2. The van der Waals surface area contributed by atoms with Gasteiger partial charge in [-0.25, -0.2) is 5.43 Å². The van der Waals surface area contributed by atoms with Crippen molar-refractivity contribution in [2.24, 2.45) is 5.84 Å². The molecule has 0 aliphatic rings. The van der Waals surface area contributed by atoms with Crippen molar-refractivity contribution in [1.29, 1.82) is 0 Å². The van der Waals surface area contributed by atoms with Crippen LogP contribution in [0.3, 0.4) is 0 Å². The average molecular weight is 294 g/mol. The number of benzene rings is 2. The molecular formula is C15H16F2N2O2. The van der Waals surface area contributed by atoms with Gasteiger partial charge in [-0.15, -0.1) is 0 Å². The Bertz CT molecular complexity index is 576. The first-order valence-corrected chi connectivity index (χ1v) is 6.29. The minimum Gasteiger partial charge on any atom is -0.497 e. The highest BCUT2D eigenvalue weighted by Gasteiger charge is 2.14. The molecule has 1 atom stereocenters. The number of methoxy groups -OCH3 is 1. The first-order valence-electron chi connectivity index (χ1n) is 6.29. The number of ether oxygens (including phenoxy) is 2. The van der Waals surface area contributed by atoms with Crippen LogP contribution in [-0.2, 0) is 0 Å². The van der Waals surface area contributed by atoms with Crippen LogP contribution < -0.4 is 20.7 Å². The Balaban J connectivity index is 2.27. The molecular weight excluding hydrogens is 278 g/mol. The maximum Gasteiger partial charge on any atom is 0.387 e. The number of alkyl halides is 2. The van der Waals surface area contributed by atoms with Crippen LogP contribution >= 0.6 is 0 Å². The molecule has 3 N–H and O–H groups in total.